The molecule has 1 amide bonds. The van der Waals surface area contributed by atoms with Gasteiger partial charge in [-0.1, -0.05) is 6.42 Å². The highest BCUT2D eigenvalue weighted by atomic mass is 19.4. The van der Waals surface area contributed by atoms with Gasteiger partial charge in [-0.2, -0.15) is 13.2 Å². The molecule has 2 aliphatic rings. The van der Waals surface area contributed by atoms with Gasteiger partial charge in [0.2, 0.25) is 5.91 Å². The van der Waals surface area contributed by atoms with E-state index in [1.807, 2.05) is 0 Å². The van der Waals surface area contributed by atoms with Gasteiger partial charge in [0.25, 0.3) is 0 Å². The van der Waals surface area contributed by atoms with E-state index in [-0.39, 0.29) is 37.8 Å². The molecule has 120 valence electrons. The third kappa shape index (κ3) is 3.89. The highest BCUT2D eigenvalue weighted by molar-refractivity contribution is 5.80. The monoisotopic (exact) mass is 307 g/mol. The van der Waals surface area contributed by atoms with Crippen LogP contribution in [-0.2, 0) is 9.59 Å². The largest absolute Gasteiger partial charge is 0.481 e. The summed E-state index contributed by atoms with van der Waals surface area (Å²) in [5.41, 5.74) is 0. The molecule has 0 unspecified atom stereocenters. The zero-order valence-corrected chi connectivity index (χ0v) is 11.7. The quantitative estimate of drug-likeness (QED) is 0.853. The van der Waals surface area contributed by atoms with Crippen LogP contribution in [0.15, 0.2) is 0 Å². The summed E-state index contributed by atoms with van der Waals surface area (Å²) in [4.78, 5) is 24.8. The zero-order chi connectivity index (χ0) is 15.6. The summed E-state index contributed by atoms with van der Waals surface area (Å²) in [5.74, 6) is -3.22. The average molecular weight is 307 g/mol. The molecule has 21 heavy (non-hydrogen) atoms. The highest BCUT2D eigenvalue weighted by Crippen LogP contribution is 2.36. The van der Waals surface area contributed by atoms with Crippen LogP contribution in [0.5, 0.6) is 0 Å². The molecule has 1 heterocycles. The van der Waals surface area contributed by atoms with Crippen LogP contribution < -0.4 is 0 Å². The maximum absolute atomic E-state index is 12.6. The third-order valence-electron chi connectivity index (χ3n) is 4.64. The number of likely N-dealkylation sites (tertiary alicyclic amines) is 1. The van der Waals surface area contributed by atoms with Crippen molar-refractivity contribution in [1.82, 2.24) is 4.90 Å². The molecule has 0 aromatic carbocycles. The molecular formula is C14H20F3NO3. The van der Waals surface area contributed by atoms with Crippen molar-refractivity contribution in [2.75, 3.05) is 13.1 Å². The molecule has 2 fully saturated rings. The lowest BCUT2D eigenvalue weighted by Gasteiger charge is -2.36. The molecule has 2 atom stereocenters. The van der Waals surface area contributed by atoms with Crippen LogP contribution in [0.4, 0.5) is 13.2 Å². The summed E-state index contributed by atoms with van der Waals surface area (Å²) in [7, 11) is 0. The summed E-state index contributed by atoms with van der Waals surface area (Å²) >= 11 is 0. The lowest BCUT2D eigenvalue weighted by atomic mass is 9.80. The standard InChI is InChI=1S/C14H20F3NO3/c15-14(16,17)11-4-6-18(7-5-11)12(19)9-2-1-3-10(8-9)13(20)21/h9-11H,1-8H2,(H,20,21)/t9-,10-/m1/s1. The normalized spacial score (nSPS) is 28.4. The first kappa shape index (κ1) is 16.1. The van der Waals surface area contributed by atoms with E-state index in [4.69, 9.17) is 5.11 Å². The van der Waals surface area contributed by atoms with Gasteiger partial charge >= 0.3 is 12.1 Å². The number of carbonyl (C=O) groups is 2. The molecule has 2 rings (SSSR count). The Morgan fingerprint density at radius 2 is 1.57 bits per heavy atom. The Morgan fingerprint density at radius 3 is 2.10 bits per heavy atom. The van der Waals surface area contributed by atoms with E-state index in [2.05, 4.69) is 0 Å². The number of hydrogen-bond donors (Lipinski definition) is 1. The predicted octanol–water partition coefficient (Wildman–Crippen LogP) is 2.68. The summed E-state index contributed by atoms with van der Waals surface area (Å²) < 4.78 is 37.8. The Bertz CT molecular complexity index is 403. The van der Waals surface area contributed by atoms with Crippen molar-refractivity contribution < 1.29 is 27.9 Å². The number of carboxylic acids is 1. The first-order valence-electron chi connectivity index (χ1n) is 7.37. The van der Waals surface area contributed by atoms with E-state index in [0.717, 1.165) is 0 Å². The Morgan fingerprint density at radius 1 is 1.00 bits per heavy atom. The maximum atomic E-state index is 12.6. The van der Waals surface area contributed by atoms with Crippen LogP contribution in [0.3, 0.4) is 0 Å². The maximum Gasteiger partial charge on any atom is 0.391 e. The van der Waals surface area contributed by atoms with Gasteiger partial charge < -0.3 is 10.0 Å². The lowest BCUT2D eigenvalue weighted by Crippen LogP contribution is -2.45. The number of carbonyl (C=O) groups excluding carboxylic acids is 1. The number of carboxylic acid groups (broad SMARTS) is 1. The minimum absolute atomic E-state index is 0.0513. The predicted molar refractivity (Wildman–Crippen MR) is 68.4 cm³/mol. The van der Waals surface area contributed by atoms with Crippen molar-refractivity contribution in [3.05, 3.63) is 0 Å². The molecule has 4 nitrogen and oxygen atoms in total. The summed E-state index contributed by atoms with van der Waals surface area (Å²) in [6, 6.07) is 0. The molecule has 0 bridgehead atoms. The molecule has 0 spiro atoms. The van der Waals surface area contributed by atoms with Crippen molar-refractivity contribution in [3.8, 4) is 0 Å². The molecule has 1 N–H and O–H groups in total. The smallest absolute Gasteiger partial charge is 0.391 e. The zero-order valence-electron chi connectivity index (χ0n) is 11.7. The number of aliphatic carboxylic acids is 1. The van der Waals surface area contributed by atoms with E-state index in [9.17, 15) is 22.8 Å². The van der Waals surface area contributed by atoms with Gasteiger partial charge in [-0.3, -0.25) is 9.59 Å². The van der Waals surface area contributed by atoms with Gasteiger partial charge in [0.15, 0.2) is 0 Å². The number of nitrogens with zero attached hydrogens (tertiary/aromatic N) is 1. The van der Waals surface area contributed by atoms with Crippen LogP contribution >= 0.6 is 0 Å². The van der Waals surface area contributed by atoms with Crippen LogP contribution in [-0.4, -0.2) is 41.1 Å². The topological polar surface area (TPSA) is 57.6 Å². The lowest BCUT2D eigenvalue weighted by molar-refractivity contribution is -0.187. The van der Waals surface area contributed by atoms with Crippen LogP contribution in [0, 0.1) is 17.8 Å². The van der Waals surface area contributed by atoms with Crippen LogP contribution in [0.25, 0.3) is 0 Å². The summed E-state index contributed by atoms with van der Waals surface area (Å²) in [5, 5.41) is 9.02. The Labute approximate surface area is 121 Å². The first-order valence-corrected chi connectivity index (χ1v) is 7.37. The summed E-state index contributed by atoms with van der Waals surface area (Å²) in [6.45, 7) is 0.245. The highest BCUT2D eigenvalue weighted by Gasteiger charge is 2.42. The van der Waals surface area contributed by atoms with E-state index >= 15 is 0 Å². The van der Waals surface area contributed by atoms with Crippen molar-refractivity contribution in [2.45, 2.75) is 44.7 Å². The van der Waals surface area contributed by atoms with E-state index in [0.29, 0.717) is 25.7 Å². The molecule has 0 radical (unpaired) electrons. The minimum Gasteiger partial charge on any atom is -0.481 e. The number of hydrogen-bond acceptors (Lipinski definition) is 2. The number of rotatable bonds is 2. The Balaban J connectivity index is 1.88. The van der Waals surface area contributed by atoms with Gasteiger partial charge in [-0.25, -0.2) is 0 Å². The van der Waals surface area contributed by atoms with Crippen molar-refractivity contribution in [3.63, 3.8) is 0 Å². The SMILES string of the molecule is O=C(O)[C@@H]1CCC[C@@H](C(=O)N2CCC(C(F)(F)F)CC2)C1. The Kier molecular flexibility index (Phi) is 4.78. The number of alkyl halides is 3. The van der Waals surface area contributed by atoms with Crippen molar-refractivity contribution in [2.24, 2.45) is 17.8 Å². The van der Waals surface area contributed by atoms with Crippen molar-refractivity contribution in [1.29, 1.82) is 0 Å². The number of halogens is 3. The second-order valence-corrected chi connectivity index (χ2v) is 6.04. The Hall–Kier alpha value is -1.27. The number of amides is 1. The van der Waals surface area contributed by atoms with Gasteiger partial charge in [0.05, 0.1) is 11.8 Å². The second-order valence-electron chi connectivity index (χ2n) is 6.04. The van der Waals surface area contributed by atoms with Gasteiger partial charge in [0.1, 0.15) is 0 Å². The number of piperidine rings is 1. The van der Waals surface area contributed by atoms with Crippen LogP contribution in [0.2, 0.25) is 0 Å². The molecule has 7 heteroatoms. The molecule has 1 saturated heterocycles. The molecule has 0 aromatic heterocycles. The van der Waals surface area contributed by atoms with Gasteiger partial charge in [0, 0.05) is 19.0 Å². The molecule has 1 saturated carbocycles. The fraction of sp³-hybridized carbons (Fsp3) is 0.857. The van der Waals surface area contributed by atoms with Crippen molar-refractivity contribution >= 4 is 11.9 Å². The fourth-order valence-electron chi connectivity index (χ4n) is 3.32. The summed E-state index contributed by atoms with van der Waals surface area (Å²) in [6.07, 6.45) is -2.07. The first-order chi connectivity index (χ1) is 9.79. The van der Waals surface area contributed by atoms with Gasteiger partial charge in [-0.05, 0) is 32.1 Å². The van der Waals surface area contributed by atoms with Crippen LogP contribution in [0.1, 0.15) is 38.5 Å². The average Bonchev–Trinajstić information content (AvgIpc) is 2.46. The molecular weight excluding hydrogens is 287 g/mol. The third-order valence-corrected chi connectivity index (χ3v) is 4.64. The fourth-order valence-corrected chi connectivity index (χ4v) is 3.32. The van der Waals surface area contributed by atoms with E-state index in [1.54, 1.807) is 0 Å². The molecule has 1 aliphatic heterocycles. The minimum atomic E-state index is -4.19. The second kappa shape index (κ2) is 6.23. The van der Waals surface area contributed by atoms with E-state index in [1.165, 1.54) is 4.90 Å². The van der Waals surface area contributed by atoms with Gasteiger partial charge in [-0.15, -0.1) is 0 Å². The molecule has 1 aliphatic carbocycles. The van der Waals surface area contributed by atoms with E-state index < -0.39 is 24.0 Å². The molecule has 0 aromatic rings.